The average molecular weight is 959 g/mol. The lowest BCUT2D eigenvalue weighted by molar-refractivity contribution is -0.889. The molecule has 0 aliphatic carbocycles. The first-order valence-electron chi connectivity index (χ1n) is 29.0. The van der Waals surface area contributed by atoms with Gasteiger partial charge in [0.25, 0.3) is 0 Å². The Hall–Kier alpha value is -2.45. The van der Waals surface area contributed by atoms with Gasteiger partial charge in [-0.2, -0.15) is 0 Å². The van der Waals surface area contributed by atoms with Crippen molar-refractivity contribution < 1.29 is 38.2 Å². The van der Waals surface area contributed by atoms with Crippen LogP contribution in [-0.2, 0) is 28.6 Å². The first kappa shape index (κ1) is 65.5. The van der Waals surface area contributed by atoms with Crippen molar-refractivity contribution in [2.45, 2.75) is 289 Å². The van der Waals surface area contributed by atoms with Crippen molar-refractivity contribution in [3.8, 4) is 0 Å². The maximum Gasteiger partial charge on any atom is 0.306 e. The van der Waals surface area contributed by atoms with Crippen LogP contribution in [0.1, 0.15) is 277 Å². The quantitative estimate of drug-likeness (QED) is 0.0259. The molecule has 0 amide bonds. The number of carbonyl (C=O) groups is 3. The van der Waals surface area contributed by atoms with E-state index in [-0.39, 0.29) is 42.7 Å². The zero-order valence-electron chi connectivity index (χ0n) is 45.5. The van der Waals surface area contributed by atoms with Crippen LogP contribution in [0.4, 0.5) is 0 Å². The van der Waals surface area contributed by atoms with Gasteiger partial charge in [-0.1, -0.05) is 224 Å². The van der Waals surface area contributed by atoms with Gasteiger partial charge in [0.2, 0.25) is 0 Å². The lowest BCUT2D eigenvalue weighted by Gasteiger charge is -2.34. The molecule has 68 heavy (non-hydrogen) atoms. The molecule has 0 bridgehead atoms. The molecule has 0 radical (unpaired) electrons. The Labute approximate surface area is 421 Å². The van der Waals surface area contributed by atoms with Gasteiger partial charge in [0.05, 0.1) is 40.3 Å². The monoisotopic (exact) mass is 958 g/mol. The molecule has 0 rings (SSSR count). The van der Waals surface area contributed by atoms with Crippen LogP contribution in [0.2, 0.25) is 0 Å². The lowest BCUT2D eigenvalue weighted by atomic mass is 10.0. The number of esters is 2. The van der Waals surface area contributed by atoms with Crippen LogP contribution in [-0.4, -0.2) is 75.5 Å². The van der Waals surface area contributed by atoms with Gasteiger partial charge in [0, 0.05) is 19.3 Å². The fourth-order valence-corrected chi connectivity index (χ4v) is 8.75. The van der Waals surface area contributed by atoms with Crippen molar-refractivity contribution >= 4 is 17.9 Å². The number of likely N-dealkylation sites (N-methyl/N-ethyl adjacent to an activating group) is 1. The third-order valence-corrected chi connectivity index (χ3v) is 13.2. The van der Waals surface area contributed by atoms with E-state index in [1.54, 1.807) is 0 Å². The van der Waals surface area contributed by atoms with Crippen LogP contribution < -0.4 is 5.11 Å². The molecule has 0 aromatic rings. The third-order valence-electron chi connectivity index (χ3n) is 13.2. The maximum atomic E-state index is 12.8. The van der Waals surface area contributed by atoms with Crippen LogP contribution in [0, 0.1) is 0 Å². The molecule has 2 atom stereocenters. The van der Waals surface area contributed by atoms with Crippen molar-refractivity contribution in [1.29, 1.82) is 0 Å². The largest absolute Gasteiger partial charge is 0.544 e. The van der Waals surface area contributed by atoms with Gasteiger partial charge in [-0.05, 0) is 70.6 Å². The maximum absolute atomic E-state index is 12.8. The number of hydrogen-bond acceptors (Lipinski definition) is 7. The first-order chi connectivity index (χ1) is 33.1. The predicted molar refractivity (Wildman–Crippen MR) is 287 cm³/mol. The Morgan fingerprint density at radius 3 is 1.15 bits per heavy atom. The van der Waals surface area contributed by atoms with E-state index in [9.17, 15) is 19.5 Å². The van der Waals surface area contributed by atoms with Gasteiger partial charge in [-0.15, -0.1) is 0 Å². The van der Waals surface area contributed by atoms with E-state index in [0.717, 1.165) is 51.4 Å². The van der Waals surface area contributed by atoms with Crippen molar-refractivity contribution in [2.75, 3.05) is 41.0 Å². The lowest BCUT2D eigenvalue weighted by Crippen LogP contribution is -2.55. The number of allylic oxidation sites excluding steroid dienone is 6. The topological polar surface area (TPSA) is 102 Å². The summed E-state index contributed by atoms with van der Waals surface area (Å²) in [7, 11) is 5.42. The number of carboxylic acids is 1. The fourth-order valence-electron chi connectivity index (χ4n) is 8.75. The third kappa shape index (κ3) is 48.6. The first-order valence-corrected chi connectivity index (χ1v) is 29.0. The van der Waals surface area contributed by atoms with Gasteiger partial charge >= 0.3 is 11.9 Å². The molecule has 0 spiro atoms. The summed E-state index contributed by atoms with van der Waals surface area (Å²) in [5, 5.41) is 11.7. The Morgan fingerprint density at radius 2 is 0.779 bits per heavy atom. The molecule has 0 aromatic heterocycles. The number of carboxylic acid groups (broad SMARTS) is 1. The Morgan fingerprint density at radius 1 is 0.441 bits per heavy atom. The molecule has 0 saturated carbocycles. The van der Waals surface area contributed by atoms with E-state index in [1.807, 2.05) is 21.1 Å². The minimum atomic E-state index is -1.12. The summed E-state index contributed by atoms with van der Waals surface area (Å²) in [4.78, 5) is 37.2. The minimum Gasteiger partial charge on any atom is -0.544 e. The van der Waals surface area contributed by atoms with Crippen LogP contribution in [0.3, 0.4) is 0 Å². The van der Waals surface area contributed by atoms with Crippen molar-refractivity contribution in [1.82, 2.24) is 0 Å². The molecule has 0 aromatic carbocycles. The molecule has 8 heteroatoms. The Bertz CT molecular complexity index is 1210. The number of ether oxygens (including phenoxy) is 3. The summed E-state index contributed by atoms with van der Waals surface area (Å²) < 4.78 is 17.3. The summed E-state index contributed by atoms with van der Waals surface area (Å²) in [5.74, 6) is -1.74. The van der Waals surface area contributed by atoms with Crippen LogP contribution in [0.25, 0.3) is 0 Å². The number of carbonyl (C=O) groups excluding carboxylic acids is 3. The van der Waals surface area contributed by atoms with E-state index in [0.29, 0.717) is 12.8 Å². The van der Waals surface area contributed by atoms with Crippen LogP contribution in [0.15, 0.2) is 36.5 Å². The summed E-state index contributed by atoms with van der Waals surface area (Å²) in [6.07, 6.45) is 61.9. The second-order valence-corrected chi connectivity index (χ2v) is 20.9. The number of nitrogens with zero attached hydrogens (tertiary/aromatic N) is 1. The zero-order valence-corrected chi connectivity index (χ0v) is 45.5. The second-order valence-electron chi connectivity index (χ2n) is 20.9. The molecule has 0 fully saturated rings. The average Bonchev–Trinajstić information content (AvgIpc) is 3.30. The number of unbranched alkanes of at least 4 members (excludes halogenated alkanes) is 33. The molecular weight excluding hydrogens is 847 g/mol. The van der Waals surface area contributed by atoms with Gasteiger partial charge in [0.15, 0.2) is 6.10 Å². The van der Waals surface area contributed by atoms with E-state index >= 15 is 0 Å². The molecule has 398 valence electrons. The summed E-state index contributed by atoms with van der Waals surface area (Å²) in [6.45, 7) is 4.69. The number of quaternary nitrogens is 1. The van der Waals surface area contributed by atoms with Crippen LogP contribution >= 0.6 is 0 Å². The molecule has 2 unspecified atom stereocenters. The van der Waals surface area contributed by atoms with E-state index in [2.05, 4.69) is 50.3 Å². The van der Waals surface area contributed by atoms with Gasteiger partial charge in [-0.3, -0.25) is 9.59 Å². The highest BCUT2D eigenvalue weighted by Crippen LogP contribution is 2.16. The van der Waals surface area contributed by atoms with Gasteiger partial charge < -0.3 is 28.6 Å². The highest BCUT2D eigenvalue weighted by Gasteiger charge is 2.25. The SMILES string of the molecule is CCCCCCCCCC/C=C/C/C=C/CCCCCCCCCC(=O)OC(COCCC(C(=O)[O-])[N+](C)(C)C)COC(=O)CCCCCCCCC/C=C/CCCCCCCCCCCCC. The highest BCUT2D eigenvalue weighted by atomic mass is 16.6. The molecular formula is C60H111NO7. The summed E-state index contributed by atoms with van der Waals surface area (Å²) in [5.41, 5.74) is 0. The number of hydrogen-bond donors (Lipinski definition) is 0. The number of aliphatic carboxylic acids is 1. The van der Waals surface area contributed by atoms with Crippen molar-refractivity contribution in [2.24, 2.45) is 0 Å². The van der Waals surface area contributed by atoms with E-state index < -0.39 is 18.1 Å². The molecule has 8 nitrogen and oxygen atoms in total. The number of rotatable bonds is 53. The molecule has 0 aliphatic heterocycles. The minimum absolute atomic E-state index is 0.0381. The second kappa shape index (κ2) is 50.9. The fraction of sp³-hybridized carbons (Fsp3) is 0.850. The van der Waals surface area contributed by atoms with Crippen LogP contribution in [0.5, 0.6) is 0 Å². The van der Waals surface area contributed by atoms with Gasteiger partial charge in [0.1, 0.15) is 12.6 Å². The highest BCUT2D eigenvalue weighted by molar-refractivity contribution is 5.70. The molecule has 0 N–H and O–H groups in total. The standard InChI is InChI=1S/C60H111NO7/c1-6-8-10-12-14-16-18-20-22-24-26-28-30-32-34-36-38-40-42-44-46-48-50-58(62)67-55-56(54-66-53-52-57(60(64)65)61(3,4)5)68-59(63)51-49-47-45-43-41-39-37-35-33-31-29-27-25-23-21-19-17-15-13-11-9-7-2/h25,27,30-33,56-57H,6-24,26,28-29,34-55H2,1-5H3/b27-25+,32-30+,33-31+. The van der Waals surface area contributed by atoms with Crippen molar-refractivity contribution in [3.05, 3.63) is 36.5 Å². The predicted octanol–water partition coefficient (Wildman–Crippen LogP) is 16.0. The molecule has 0 heterocycles. The van der Waals surface area contributed by atoms with Crippen molar-refractivity contribution in [3.63, 3.8) is 0 Å². The zero-order chi connectivity index (χ0) is 49.9. The van der Waals surface area contributed by atoms with Gasteiger partial charge in [-0.25, -0.2) is 0 Å². The molecule has 0 aliphatic rings. The van der Waals surface area contributed by atoms with E-state index in [4.69, 9.17) is 14.2 Å². The smallest absolute Gasteiger partial charge is 0.306 e. The Kier molecular flexibility index (Phi) is 49.1. The molecule has 0 saturated heterocycles. The Balaban J connectivity index is 4.18. The summed E-state index contributed by atoms with van der Waals surface area (Å²) in [6, 6.07) is -0.729. The normalized spacial score (nSPS) is 13.0. The van der Waals surface area contributed by atoms with E-state index in [1.165, 1.54) is 193 Å². The summed E-state index contributed by atoms with van der Waals surface area (Å²) >= 11 is 0.